The number of carbonyl (C=O) groups is 1. The zero-order valence-corrected chi connectivity index (χ0v) is 18.1. The second kappa shape index (κ2) is 8.57. The summed E-state index contributed by atoms with van der Waals surface area (Å²) in [5, 5.41) is 4.25. The van der Waals surface area contributed by atoms with Gasteiger partial charge in [0.25, 0.3) is 0 Å². The first kappa shape index (κ1) is 21.2. The van der Waals surface area contributed by atoms with E-state index in [2.05, 4.69) is 5.16 Å². The number of amides is 1. The zero-order valence-electron chi connectivity index (χ0n) is 18.1. The molecule has 1 amide bonds. The molecule has 0 fully saturated rings. The Bertz CT molecular complexity index is 982. The molecule has 2 aromatic carbocycles. The van der Waals surface area contributed by atoms with Gasteiger partial charge < -0.3 is 19.2 Å². The lowest BCUT2D eigenvalue weighted by Gasteiger charge is -2.28. The number of halogens is 1. The van der Waals surface area contributed by atoms with Crippen molar-refractivity contribution in [2.75, 3.05) is 13.3 Å². The van der Waals surface area contributed by atoms with Crippen LogP contribution in [0.15, 0.2) is 47.6 Å². The zero-order chi connectivity index (χ0) is 22.0. The number of fused-ring (bicyclic) bond motifs is 1. The van der Waals surface area contributed by atoms with Crippen molar-refractivity contribution in [1.82, 2.24) is 4.90 Å². The summed E-state index contributed by atoms with van der Waals surface area (Å²) in [4.78, 5) is 20.5. The number of hydrogen-bond acceptors (Lipinski definition) is 5. The maximum Gasteiger partial charge on any atom is 0.231 e. The van der Waals surface area contributed by atoms with Crippen LogP contribution in [0.25, 0.3) is 0 Å². The molecule has 0 unspecified atom stereocenters. The molecule has 0 radical (unpaired) electrons. The van der Waals surface area contributed by atoms with Crippen molar-refractivity contribution in [3.63, 3.8) is 0 Å². The molecule has 7 heteroatoms. The molecule has 1 atom stereocenters. The van der Waals surface area contributed by atoms with Crippen LogP contribution >= 0.6 is 0 Å². The Morgan fingerprint density at radius 3 is 2.61 bits per heavy atom. The first-order valence-corrected chi connectivity index (χ1v) is 10.4. The predicted molar refractivity (Wildman–Crippen MR) is 114 cm³/mol. The Labute approximate surface area is 181 Å². The van der Waals surface area contributed by atoms with Gasteiger partial charge in [0, 0.05) is 24.9 Å². The van der Waals surface area contributed by atoms with Gasteiger partial charge in [-0.2, -0.15) is 0 Å². The average molecular weight is 426 g/mol. The molecule has 0 N–H and O–H groups in total. The normalized spacial score (nSPS) is 17.3. The second-order valence-corrected chi connectivity index (χ2v) is 9.18. The Morgan fingerprint density at radius 2 is 1.87 bits per heavy atom. The topological polar surface area (TPSA) is 60.4 Å². The van der Waals surface area contributed by atoms with E-state index >= 15 is 0 Å². The van der Waals surface area contributed by atoms with Crippen molar-refractivity contribution in [2.24, 2.45) is 10.6 Å². The Kier molecular flexibility index (Phi) is 5.85. The van der Waals surface area contributed by atoms with Crippen LogP contribution in [-0.4, -0.2) is 36.0 Å². The molecule has 0 bridgehead atoms. The van der Waals surface area contributed by atoms with Crippen LogP contribution in [0.1, 0.15) is 44.7 Å². The number of hydrogen-bond donors (Lipinski definition) is 0. The molecule has 31 heavy (non-hydrogen) atoms. The molecule has 164 valence electrons. The van der Waals surface area contributed by atoms with Gasteiger partial charge >= 0.3 is 0 Å². The predicted octanol–water partition coefficient (Wildman–Crippen LogP) is 4.51. The molecule has 2 aromatic rings. The van der Waals surface area contributed by atoms with Gasteiger partial charge in [0.05, 0.1) is 12.3 Å². The van der Waals surface area contributed by atoms with Gasteiger partial charge in [0.2, 0.25) is 12.7 Å². The third-order valence-corrected chi connectivity index (χ3v) is 5.18. The second-order valence-electron chi connectivity index (χ2n) is 9.18. The number of ether oxygens (including phenoxy) is 2. The van der Waals surface area contributed by atoms with Crippen LogP contribution in [0.2, 0.25) is 0 Å². The van der Waals surface area contributed by atoms with Gasteiger partial charge in [-0.3, -0.25) is 4.79 Å². The molecule has 0 spiro atoms. The van der Waals surface area contributed by atoms with Gasteiger partial charge in [-0.1, -0.05) is 38.1 Å². The lowest BCUT2D eigenvalue weighted by atomic mass is 9.91. The highest BCUT2D eigenvalue weighted by Gasteiger charge is 2.29. The first-order chi connectivity index (χ1) is 14.8. The van der Waals surface area contributed by atoms with Crippen LogP contribution in [-0.2, 0) is 16.2 Å². The van der Waals surface area contributed by atoms with E-state index in [0.717, 1.165) is 22.6 Å². The number of rotatable bonds is 6. The maximum atomic E-state index is 13.3. The molecule has 0 aromatic heterocycles. The van der Waals surface area contributed by atoms with Gasteiger partial charge in [-0.15, -0.1) is 0 Å². The highest BCUT2D eigenvalue weighted by Crippen LogP contribution is 2.34. The minimum atomic E-state index is -0.294. The van der Waals surface area contributed by atoms with E-state index in [9.17, 15) is 9.18 Å². The highest BCUT2D eigenvalue weighted by molar-refractivity contribution is 6.01. The van der Waals surface area contributed by atoms with E-state index in [1.165, 1.54) is 12.1 Å². The van der Waals surface area contributed by atoms with Crippen molar-refractivity contribution in [3.05, 3.63) is 59.4 Å². The fraction of sp³-hybridized carbons (Fsp3) is 0.417. The molecule has 0 saturated carbocycles. The van der Waals surface area contributed by atoms with E-state index < -0.39 is 0 Å². The van der Waals surface area contributed by atoms with Gasteiger partial charge in [-0.05, 0) is 41.3 Å². The summed E-state index contributed by atoms with van der Waals surface area (Å²) in [7, 11) is 0. The highest BCUT2D eigenvalue weighted by atomic mass is 19.1. The summed E-state index contributed by atoms with van der Waals surface area (Å²) < 4.78 is 24.1. The van der Waals surface area contributed by atoms with Crippen LogP contribution in [0.5, 0.6) is 11.5 Å². The van der Waals surface area contributed by atoms with Gasteiger partial charge in [0.15, 0.2) is 17.6 Å². The van der Waals surface area contributed by atoms with E-state index in [4.69, 9.17) is 14.3 Å². The van der Waals surface area contributed by atoms with Crippen LogP contribution in [0, 0.1) is 11.2 Å². The molecule has 0 saturated heterocycles. The molecule has 4 rings (SSSR count). The molecule has 2 aliphatic rings. The Balaban J connectivity index is 1.44. The molecule has 0 aliphatic carbocycles. The lowest BCUT2D eigenvalue weighted by Crippen LogP contribution is -2.38. The maximum absolute atomic E-state index is 13.3. The van der Waals surface area contributed by atoms with Crippen LogP contribution in [0.4, 0.5) is 4.39 Å². The SMILES string of the molecule is CC(C)(C)CC(=O)N(Cc1ccc(F)cc1)C[C@@H]1CC(c2ccc3c(c2)OCO3)=NO1. The summed E-state index contributed by atoms with van der Waals surface area (Å²) in [5.41, 5.74) is 2.47. The molecular weight excluding hydrogens is 399 g/mol. The van der Waals surface area contributed by atoms with E-state index in [-0.39, 0.29) is 30.0 Å². The summed E-state index contributed by atoms with van der Waals surface area (Å²) >= 11 is 0. The van der Waals surface area contributed by atoms with Crippen molar-refractivity contribution >= 4 is 11.6 Å². The standard InChI is InChI=1S/C24H27FN2O4/c1-24(2,3)12-23(28)27(13-16-4-7-18(25)8-5-16)14-19-11-20(26-31-19)17-6-9-21-22(10-17)30-15-29-21/h4-10,19H,11-15H2,1-3H3/t19-/m0/s1. The first-order valence-electron chi connectivity index (χ1n) is 10.4. The van der Waals surface area contributed by atoms with Crippen molar-refractivity contribution in [1.29, 1.82) is 0 Å². The Morgan fingerprint density at radius 1 is 1.13 bits per heavy atom. The van der Waals surface area contributed by atoms with Crippen molar-refractivity contribution < 1.29 is 23.5 Å². The summed E-state index contributed by atoms with van der Waals surface area (Å²) in [6, 6.07) is 11.9. The third kappa shape index (κ3) is 5.34. The number of carbonyl (C=O) groups excluding carboxylic acids is 1. The average Bonchev–Trinajstić information content (AvgIpc) is 3.36. The minimum absolute atomic E-state index is 0.0388. The largest absolute Gasteiger partial charge is 0.454 e. The summed E-state index contributed by atoms with van der Waals surface area (Å²) in [6.07, 6.45) is 0.754. The molecular formula is C24H27FN2O4. The quantitative estimate of drug-likeness (QED) is 0.682. The number of oxime groups is 1. The molecule has 2 heterocycles. The number of benzene rings is 2. The monoisotopic (exact) mass is 426 g/mol. The Hall–Kier alpha value is -3.09. The van der Waals surface area contributed by atoms with Gasteiger partial charge in [0.1, 0.15) is 5.82 Å². The van der Waals surface area contributed by atoms with Gasteiger partial charge in [-0.25, -0.2) is 4.39 Å². The van der Waals surface area contributed by atoms with Crippen LogP contribution < -0.4 is 9.47 Å². The lowest BCUT2D eigenvalue weighted by molar-refractivity contribution is -0.135. The minimum Gasteiger partial charge on any atom is -0.454 e. The smallest absolute Gasteiger partial charge is 0.231 e. The van der Waals surface area contributed by atoms with Crippen molar-refractivity contribution in [2.45, 2.75) is 46.3 Å². The fourth-order valence-corrected chi connectivity index (χ4v) is 3.65. The molecule has 6 nitrogen and oxygen atoms in total. The third-order valence-electron chi connectivity index (χ3n) is 5.18. The summed E-state index contributed by atoms with van der Waals surface area (Å²) in [6.45, 7) is 7.13. The molecule has 2 aliphatic heterocycles. The van der Waals surface area contributed by atoms with E-state index in [0.29, 0.717) is 31.7 Å². The number of nitrogens with zero attached hydrogens (tertiary/aromatic N) is 2. The van der Waals surface area contributed by atoms with E-state index in [1.807, 2.05) is 39.0 Å². The van der Waals surface area contributed by atoms with Crippen LogP contribution in [0.3, 0.4) is 0 Å². The fourth-order valence-electron chi connectivity index (χ4n) is 3.65. The summed E-state index contributed by atoms with van der Waals surface area (Å²) in [5.74, 6) is 1.16. The van der Waals surface area contributed by atoms with Crippen molar-refractivity contribution in [3.8, 4) is 11.5 Å². The van der Waals surface area contributed by atoms with E-state index in [1.54, 1.807) is 17.0 Å².